The molecular weight excluding hydrogens is 302 g/mol. The van der Waals surface area contributed by atoms with Crippen molar-refractivity contribution in [1.29, 1.82) is 0 Å². The van der Waals surface area contributed by atoms with Crippen molar-refractivity contribution >= 4 is 11.8 Å². The van der Waals surface area contributed by atoms with Crippen molar-refractivity contribution in [3.05, 3.63) is 71.3 Å². The first kappa shape index (κ1) is 17.7. The van der Waals surface area contributed by atoms with E-state index in [-0.39, 0.29) is 11.8 Å². The second-order valence-electron chi connectivity index (χ2n) is 5.71. The van der Waals surface area contributed by atoms with E-state index in [4.69, 9.17) is 5.73 Å². The van der Waals surface area contributed by atoms with Crippen LogP contribution in [-0.2, 0) is 11.2 Å². The summed E-state index contributed by atoms with van der Waals surface area (Å²) in [6.07, 6.45) is 0.488. The number of benzene rings is 2. The van der Waals surface area contributed by atoms with Crippen LogP contribution in [0.5, 0.6) is 0 Å². The van der Waals surface area contributed by atoms with E-state index >= 15 is 0 Å². The highest BCUT2D eigenvalue weighted by Crippen LogP contribution is 2.03. The van der Waals surface area contributed by atoms with Crippen molar-refractivity contribution in [2.75, 3.05) is 13.1 Å². The molecule has 2 amide bonds. The third kappa shape index (κ3) is 5.52. The zero-order chi connectivity index (χ0) is 17.4. The molecule has 126 valence electrons. The molecule has 2 rings (SSSR count). The largest absolute Gasteiger partial charge is 0.353 e. The third-order valence-electron chi connectivity index (χ3n) is 3.66. The molecule has 0 spiro atoms. The number of carbonyl (C=O) groups excluding carboxylic acids is 2. The number of nitrogens with two attached hydrogens (primary N) is 1. The van der Waals surface area contributed by atoms with Crippen molar-refractivity contribution in [1.82, 2.24) is 10.6 Å². The van der Waals surface area contributed by atoms with Crippen molar-refractivity contribution in [2.24, 2.45) is 5.73 Å². The second kappa shape index (κ2) is 8.84. The Labute approximate surface area is 142 Å². The molecule has 0 heterocycles. The number of hydrogen-bond donors (Lipinski definition) is 3. The normalized spacial score (nSPS) is 11.6. The van der Waals surface area contributed by atoms with E-state index in [0.717, 1.165) is 11.1 Å². The summed E-state index contributed by atoms with van der Waals surface area (Å²) >= 11 is 0. The van der Waals surface area contributed by atoms with E-state index in [9.17, 15) is 9.59 Å². The van der Waals surface area contributed by atoms with Gasteiger partial charge in [-0.1, -0.05) is 48.0 Å². The van der Waals surface area contributed by atoms with Crippen LogP contribution in [0.15, 0.2) is 54.6 Å². The summed E-state index contributed by atoms with van der Waals surface area (Å²) in [5.41, 5.74) is 8.63. The highest BCUT2D eigenvalue weighted by atomic mass is 16.2. The lowest BCUT2D eigenvalue weighted by Crippen LogP contribution is -2.44. The summed E-state index contributed by atoms with van der Waals surface area (Å²) < 4.78 is 0. The zero-order valence-corrected chi connectivity index (χ0v) is 13.8. The lowest BCUT2D eigenvalue weighted by molar-refractivity contribution is -0.122. The molecule has 24 heavy (non-hydrogen) atoms. The molecule has 0 aliphatic carbocycles. The van der Waals surface area contributed by atoms with Gasteiger partial charge in [-0.2, -0.15) is 0 Å². The maximum Gasteiger partial charge on any atom is 0.251 e. The summed E-state index contributed by atoms with van der Waals surface area (Å²) in [6.45, 7) is 2.67. The summed E-state index contributed by atoms with van der Waals surface area (Å²) in [4.78, 5) is 23.9. The highest BCUT2D eigenvalue weighted by molar-refractivity contribution is 5.94. The molecule has 0 saturated carbocycles. The van der Waals surface area contributed by atoms with E-state index in [1.54, 1.807) is 12.1 Å². The van der Waals surface area contributed by atoms with Crippen molar-refractivity contribution in [2.45, 2.75) is 19.4 Å². The maximum atomic E-state index is 12.0. The lowest BCUT2D eigenvalue weighted by atomic mass is 10.1. The molecule has 2 aromatic rings. The number of rotatable bonds is 7. The van der Waals surface area contributed by atoms with E-state index in [0.29, 0.717) is 25.1 Å². The predicted molar refractivity (Wildman–Crippen MR) is 94.6 cm³/mol. The van der Waals surface area contributed by atoms with Crippen molar-refractivity contribution < 1.29 is 9.59 Å². The van der Waals surface area contributed by atoms with Crippen LogP contribution in [0.25, 0.3) is 0 Å². The molecule has 0 aliphatic heterocycles. The molecule has 1 atom stereocenters. The highest BCUT2D eigenvalue weighted by Gasteiger charge is 2.13. The Bertz CT molecular complexity index is 669. The average Bonchev–Trinajstić information content (AvgIpc) is 2.59. The van der Waals surface area contributed by atoms with Crippen molar-refractivity contribution in [3.63, 3.8) is 0 Å². The fraction of sp³-hybridized carbons (Fsp3) is 0.263. The summed E-state index contributed by atoms with van der Waals surface area (Å²) in [5, 5.41) is 5.51. The molecule has 0 saturated heterocycles. The molecule has 0 radical (unpaired) electrons. The molecule has 0 bridgehead atoms. The molecule has 5 heteroatoms. The fourth-order valence-corrected chi connectivity index (χ4v) is 2.26. The van der Waals surface area contributed by atoms with Gasteiger partial charge in [0.1, 0.15) is 0 Å². The standard InChI is InChI=1S/C19H23N3O2/c1-14-7-9-16(10-8-14)18(23)21-11-12-22-19(24)17(20)13-15-5-3-2-4-6-15/h2-10,17H,11-13,20H2,1H3,(H,21,23)(H,22,24)/t17-/m0/s1. The molecule has 5 nitrogen and oxygen atoms in total. The average molecular weight is 325 g/mol. The van der Waals surface area contributed by atoms with Gasteiger partial charge in [-0.05, 0) is 31.0 Å². The number of aryl methyl sites for hydroxylation is 1. The van der Waals surface area contributed by atoms with E-state index in [2.05, 4.69) is 10.6 Å². The van der Waals surface area contributed by atoms with Gasteiger partial charge in [0, 0.05) is 18.7 Å². The molecule has 0 unspecified atom stereocenters. The van der Waals surface area contributed by atoms with Gasteiger partial charge in [0.2, 0.25) is 5.91 Å². The monoisotopic (exact) mass is 325 g/mol. The SMILES string of the molecule is Cc1ccc(C(=O)NCCNC(=O)[C@@H](N)Cc2ccccc2)cc1. The first-order valence-corrected chi connectivity index (χ1v) is 7.98. The molecular formula is C19H23N3O2. The van der Waals surface area contributed by atoms with Crippen LogP contribution in [0.4, 0.5) is 0 Å². The van der Waals surface area contributed by atoms with Crippen LogP contribution in [0.3, 0.4) is 0 Å². The fourth-order valence-electron chi connectivity index (χ4n) is 2.26. The molecule has 0 aliphatic rings. The van der Waals surface area contributed by atoms with Crippen LogP contribution in [0, 0.1) is 6.92 Å². The Morgan fingerprint density at radius 1 is 0.958 bits per heavy atom. The molecule has 0 aromatic heterocycles. The van der Waals surface area contributed by atoms with Crippen LogP contribution in [-0.4, -0.2) is 30.9 Å². The van der Waals surface area contributed by atoms with E-state index in [1.165, 1.54) is 0 Å². The Balaban J connectivity index is 1.68. The minimum atomic E-state index is -0.597. The summed E-state index contributed by atoms with van der Waals surface area (Å²) in [7, 11) is 0. The van der Waals surface area contributed by atoms with Crippen LogP contribution in [0.1, 0.15) is 21.5 Å². The topological polar surface area (TPSA) is 84.2 Å². The Hall–Kier alpha value is -2.66. The zero-order valence-electron chi connectivity index (χ0n) is 13.8. The summed E-state index contributed by atoms with van der Waals surface area (Å²) in [5.74, 6) is -0.374. The van der Waals surface area contributed by atoms with Crippen LogP contribution >= 0.6 is 0 Å². The van der Waals surface area contributed by atoms with Crippen LogP contribution in [0.2, 0.25) is 0 Å². The van der Waals surface area contributed by atoms with Gasteiger partial charge in [0.25, 0.3) is 5.91 Å². The van der Waals surface area contributed by atoms with Gasteiger partial charge >= 0.3 is 0 Å². The molecule has 2 aromatic carbocycles. The van der Waals surface area contributed by atoms with Gasteiger partial charge in [-0.25, -0.2) is 0 Å². The number of carbonyl (C=O) groups is 2. The second-order valence-corrected chi connectivity index (χ2v) is 5.71. The Morgan fingerprint density at radius 2 is 1.58 bits per heavy atom. The first-order chi connectivity index (χ1) is 11.6. The number of hydrogen-bond acceptors (Lipinski definition) is 3. The van der Waals surface area contributed by atoms with Crippen LogP contribution < -0.4 is 16.4 Å². The molecule has 0 fully saturated rings. The van der Waals surface area contributed by atoms with Gasteiger partial charge in [0.05, 0.1) is 6.04 Å². The van der Waals surface area contributed by atoms with E-state index < -0.39 is 6.04 Å². The first-order valence-electron chi connectivity index (χ1n) is 7.98. The Morgan fingerprint density at radius 3 is 2.25 bits per heavy atom. The lowest BCUT2D eigenvalue weighted by Gasteiger charge is -2.12. The van der Waals surface area contributed by atoms with Gasteiger partial charge in [-0.3, -0.25) is 9.59 Å². The Kier molecular flexibility index (Phi) is 6.51. The maximum absolute atomic E-state index is 12.0. The molecule has 4 N–H and O–H groups in total. The predicted octanol–water partition coefficient (Wildman–Crippen LogP) is 1.41. The smallest absolute Gasteiger partial charge is 0.251 e. The van der Waals surface area contributed by atoms with Gasteiger partial charge < -0.3 is 16.4 Å². The minimum absolute atomic E-state index is 0.155. The third-order valence-corrected chi connectivity index (χ3v) is 3.66. The van der Waals surface area contributed by atoms with Crippen molar-refractivity contribution in [3.8, 4) is 0 Å². The van der Waals surface area contributed by atoms with E-state index in [1.807, 2.05) is 49.4 Å². The van der Waals surface area contributed by atoms with Gasteiger partial charge in [-0.15, -0.1) is 0 Å². The summed E-state index contributed by atoms with van der Waals surface area (Å²) in [6, 6.07) is 16.4. The quantitative estimate of drug-likeness (QED) is 0.673. The number of nitrogens with one attached hydrogen (secondary N) is 2. The van der Waals surface area contributed by atoms with Gasteiger partial charge in [0.15, 0.2) is 0 Å². The minimum Gasteiger partial charge on any atom is -0.353 e. The number of amides is 2.